The summed E-state index contributed by atoms with van der Waals surface area (Å²) in [6.45, 7) is 6.00. The number of nitrogens with zero attached hydrogens (tertiary/aromatic N) is 1. The van der Waals surface area contributed by atoms with E-state index in [1.54, 1.807) is 0 Å². The number of nitrogens with two attached hydrogens (primary N) is 1. The van der Waals surface area contributed by atoms with Gasteiger partial charge in [-0.3, -0.25) is 4.79 Å². The average molecular weight is 288 g/mol. The fourth-order valence-corrected chi connectivity index (χ4v) is 4.09. The van der Waals surface area contributed by atoms with Crippen LogP contribution in [0.2, 0.25) is 0 Å². The summed E-state index contributed by atoms with van der Waals surface area (Å²) in [5, 5.41) is 1.02. The molecular weight excluding hydrogens is 268 g/mol. The number of anilines is 1. The van der Waals surface area contributed by atoms with Gasteiger partial charge in [0.1, 0.15) is 4.88 Å². The first-order valence-electron chi connectivity index (χ1n) is 7.18. The van der Waals surface area contributed by atoms with E-state index < -0.39 is 0 Å². The lowest BCUT2D eigenvalue weighted by molar-refractivity contribution is 0.0792. The van der Waals surface area contributed by atoms with Crippen LogP contribution < -0.4 is 5.73 Å². The van der Waals surface area contributed by atoms with E-state index in [1.165, 1.54) is 16.9 Å². The maximum Gasteiger partial charge on any atom is 0.266 e. The second-order valence-corrected chi connectivity index (χ2v) is 6.63. The van der Waals surface area contributed by atoms with Gasteiger partial charge >= 0.3 is 0 Å². The quantitative estimate of drug-likeness (QED) is 0.916. The standard InChI is InChI=1S/C16H20N2OS/c1-3-11-7-8-18(9-11)16(19)15-13(17)12-6-4-5-10(2)14(12)20-15/h4-6,11H,3,7-9,17H2,1-2H3. The molecule has 1 atom stereocenters. The zero-order valence-corrected chi connectivity index (χ0v) is 12.8. The third-order valence-corrected chi connectivity index (χ3v) is 5.64. The van der Waals surface area contributed by atoms with Crippen molar-refractivity contribution in [2.24, 2.45) is 5.92 Å². The molecule has 1 saturated heterocycles. The summed E-state index contributed by atoms with van der Waals surface area (Å²) in [5.41, 5.74) is 8.04. The van der Waals surface area contributed by atoms with Gasteiger partial charge in [0.15, 0.2) is 0 Å². The van der Waals surface area contributed by atoms with E-state index in [0.717, 1.165) is 36.0 Å². The first-order chi connectivity index (χ1) is 9.61. The van der Waals surface area contributed by atoms with Crippen molar-refractivity contribution in [1.29, 1.82) is 0 Å². The van der Waals surface area contributed by atoms with Gasteiger partial charge in [-0.05, 0) is 24.8 Å². The number of nitrogen functional groups attached to an aromatic ring is 1. The fourth-order valence-electron chi connectivity index (χ4n) is 2.93. The lowest BCUT2D eigenvalue weighted by Crippen LogP contribution is -2.28. The van der Waals surface area contributed by atoms with E-state index >= 15 is 0 Å². The average Bonchev–Trinajstić information content (AvgIpc) is 3.05. The molecule has 1 aliphatic rings. The first kappa shape index (κ1) is 13.4. The van der Waals surface area contributed by atoms with Gasteiger partial charge < -0.3 is 10.6 Å². The Morgan fingerprint density at radius 2 is 2.30 bits per heavy atom. The summed E-state index contributed by atoms with van der Waals surface area (Å²) in [5.74, 6) is 0.760. The Labute approximate surface area is 123 Å². The predicted octanol–water partition coefficient (Wildman–Crippen LogP) is 3.66. The highest BCUT2D eigenvalue weighted by Gasteiger charge is 2.28. The topological polar surface area (TPSA) is 46.3 Å². The van der Waals surface area contributed by atoms with Crippen LogP contribution in [0.5, 0.6) is 0 Å². The molecule has 1 aromatic carbocycles. The smallest absolute Gasteiger partial charge is 0.266 e. The molecule has 1 amide bonds. The highest BCUT2D eigenvalue weighted by Crippen LogP contribution is 2.37. The summed E-state index contributed by atoms with van der Waals surface area (Å²) >= 11 is 1.54. The van der Waals surface area contributed by atoms with Gasteiger partial charge in [-0.2, -0.15) is 0 Å². The predicted molar refractivity (Wildman–Crippen MR) is 85.3 cm³/mol. The maximum atomic E-state index is 12.7. The number of aryl methyl sites for hydroxylation is 1. The molecule has 3 nitrogen and oxygen atoms in total. The molecule has 2 N–H and O–H groups in total. The molecule has 1 unspecified atom stereocenters. The molecule has 4 heteroatoms. The number of amides is 1. The summed E-state index contributed by atoms with van der Waals surface area (Å²) in [6.07, 6.45) is 2.26. The Morgan fingerprint density at radius 3 is 2.95 bits per heavy atom. The number of fused-ring (bicyclic) bond motifs is 1. The Balaban J connectivity index is 1.96. The van der Waals surface area contributed by atoms with Crippen LogP contribution in [0, 0.1) is 12.8 Å². The van der Waals surface area contributed by atoms with E-state index in [2.05, 4.69) is 19.9 Å². The summed E-state index contributed by atoms with van der Waals surface area (Å²) in [7, 11) is 0. The number of hydrogen-bond donors (Lipinski definition) is 1. The van der Waals surface area contributed by atoms with Gasteiger partial charge in [0, 0.05) is 23.2 Å². The highest BCUT2D eigenvalue weighted by atomic mass is 32.1. The molecule has 1 aromatic heterocycles. The minimum absolute atomic E-state index is 0.110. The minimum Gasteiger partial charge on any atom is -0.397 e. The van der Waals surface area contributed by atoms with Gasteiger partial charge in [-0.25, -0.2) is 0 Å². The Morgan fingerprint density at radius 1 is 1.50 bits per heavy atom. The molecule has 106 valence electrons. The number of rotatable bonds is 2. The first-order valence-corrected chi connectivity index (χ1v) is 8.00. The molecule has 0 spiro atoms. The highest BCUT2D eigenvalue weighted by molar-refractivity contribution is 7.21. The molecular formula is C16H20N2OS. The van der Waals surface area contributed by atoms with Crippen molar-refractivity contribution < 1.29 is 4.79 Å². The second kappa shape index (κ2) is 5.09. The van der Waals surface area contributed by atoms with Crippen LogP contribution in [0.25, 0.3) is 10.1 Å². The van der Waals surface area contributed by atoms with Crippen molar-refractivity contribution in [3.63, 3.8) is 0 Å². The summed E-state index contributed by atoms with van der Waals surface area (Å²) < 4.78 is 1.14. The second-order valence-electron chi connectivity index (χ2n) is 5.61. The van der Waals surface area contributed by atoms with Gasteiger partial charge in [0.25, 0.3) is 5.91 Å². The van der Waals surface area contributed by atoms with Crippen molar-refractivity contribution >= 4 is 33.0 Å². The van der Waals surface area contributed by atoms with E-state index in [-0.39, 0.29) is 5.91 Å². The van der Waals surface area contributed by atoms with Crippen LogP contribution in [0.3, 0.4) is 0 Å². The molecule has 0 saturated carbocycles. The number of carbonyl (C=O) groups is 1. The van der Waals surface area contributed by atoms with Crippen molar-refractivity contribution in [2.45, 2.75) is 26.7 Å². The van der Waals surface area contributed by atoms with Crippen LogP contribution in [-0.2, 0) is 0 Å². The Kier molecular flexibility index (Phi) is 3.42. The van der Waals surface area contributed by atoms with Crippen LogP contribution in [0.15, 0.2) is 18.2 Å². The van der Waals surface area contributed by atoms with E-state index in [1.807, 2.05) is 17.0 Å². The third kappa shape index (κ3) is 2.08. The van der Waals surface area contributed by atoms with Crippen molar-refractivity contribution in [3.8, 4) is 0 Å². The number of likely N-dealkylation sites (tertiary alicyclic amines) is 1. The lowest BCUT2D eigenvalue weighted by atomic mass is 10.1. The molecule has 20 heavy (non-hydrogen) atoms. The molecule has 2 aromatic rings. The molecule has 0 radical (unpaired) electrons. The molecule has 1 aliphatic heterocycles. The van der Waals surface area contributed by atoms with Crippen molar-refractivity contribution in [2.75, 3.05) is 18.8 Å². The number of benzene rings is 1. The largest absolute Gasteiger partial charge is 0.397 e. The molecule has 0 aliphatic carbocycles. The zero-order chi connectivity index (χ0) is 14.3. The molecule has 2 heterocycles. The van der Waals surface area contributed by atoms with Crippen LogP contribution >= 0.6 is 11.3 Å². The minimum atomic E-state index is 0.110. The fraction of sp³-hybridized carbons (Fsp3) is 0.438. The van der Waals surface area contributed by atoms with Crippen molar-refractivity contribution in [1.82, 2.24) is 4.90 Å². The van der Waals surface area contributed by atoms with E-state index in [4.69, 9.17) is 5.73 Å². The van der Waals surface area contributed by atoms with Gasteiger partial charge in [0.05, 0.1) is 5.69 Å². The summed E-state index contributed by atoms with van der Waals surface area (Å²) in [4.78, 5) is 15.3. The monoisotopic (exact) mass is 288 g/mol. The van der Waals surface area contributed by atoms with E-state index in [0.29, 0.717) is 16.5 Å². The van der Waals surface area contributed by atoms with Crippen LogP contribution in [0.1, 0.15) is 35.0 Å². The maximum absolute atomic E-state index is 12.7. The lowest BCUT2D eigenvalue weighted by Gasteiger charge is -2.15. The van der Waals surface area contributed by atoms with Crippen LogP contribution in [0.4, 0.5) is 5.69 Å². The van der Waals surface area contributed by atoms with Crippen LogP contribution in [-0.4, -0.2) is 23.9 Å². The SMILES string of the molecule is CCC1CCN(C(=O)c2sc3c(C)cccc3c2N)C1. The molecule has 3 rings (SSSR count). The molecule has 0 bridgehead atoms. The van der Waals surface area contributed by atoms with Crippen molar-refractivity contribution in [3.05, 3.63) is 28.6 Å². The summed E-state index contributed by atoms with van der Waals surface area (Å²) in [6, 6.07) is 6.07. The van der Waals surface area contributed by atoms with E-state index in [9.17, 15) is 4.79 Å². The third-order valence-electron chi connectivity index (χ3n) is 4.30. The zero-order valence-electron chi connectivity index (χ0n) is 12.0. The Hall–Kier alpha value is -1.55. The Bertz CT molecular complexity index is 662. The van der Waals surface area contributed by atoms with Gasteiger partial charge in [-0.1, -0.05) is 31.5 Å². The van der Waals surface area contributed by atoms with Gasteiger partial charge in [0.2, 0.25) is 0 Å². The number of carbonyl (C=O) groups excluding carboxylic acids is 1. The van der Waals surface area contributed by atoms with Gasteiger partial charge in [-0.15, -0.1) is 11.3 Å². The number of hydrogen-bond acceptors (Lipinski definition) is 3. The number of thiophene rings is 1. The molecule has 1 fully saturated rings. The normalized spacial score (nSPS) is 18.9.